The minimum absolute atomic E-state index is 0.00433. The first-order valence-corrected chi connectivity index (χ1v) is 13.2. The Kier molecular flexibility index (Phi) is 9.73. The summed E-state index contributed by atoms with van der Waals surface area (Å²) in [7, 11) is -4.00. The van der Waals surface area contributed by atoms with Crippen molar-refractivity contribution in [1.29, 1.82) is 5.26 Å². The van der Waals surface area contributed by atoms with Crippen LogP contribution in [0, 0.1) is 23.7 Å². The Morgan fingerprint density at radius 1 is 1.14 bits per heavy atom. The molecule has 37 heavy (non-hydrogen) atoms. The molecule has 0 atom stereocenters. The fourth-order valence-electron chi connectivity index (χ4n) is 4.24. The number of hydrogen-bond acceptors (Lipinski definition) is 9. The summed E-state index contributed by atoms with van der Waals surface area (Å²) >= 11 is 0. The van der Waals surface area contributed by atoms with E-state index in [2.05, 4.69) is 15.0 Å². The zero-order valence-corrected chi connectivity index (χ0v) is 22.9. The molecule has 0 aliphatic carbocycles. The Morgan fingerprint density at radius 3 is 2.38 bits per heavy atom. The lowest BCUT2D eigenvalue weighted by atomic mass is 9.82. The third-order valence-corrected chi connectivity index (χ3v) is 7.00. The number of aliphatic hydroxyl groups is 1. The molecule has 0 radical (unpaired) electrons. The number of hydrogen-bond donors (Lipinski definition) is 3. The van der Waals surface area contributed by atoms with E-state index in [1.54, 1.807) is 26.0 Å². The van der Waals surface area contributed by atoms with E-state index in [4.69, 9.17) is 9.84 Å². The average molecular weight is 534 g/mol. The molecule has 11 nitrogen and oxygen atoms in total. The Labute approximate surface area is 217 Å². The maximum absolute atomic E-state index is 13.3. The number of sulfonamides is 1. The van der Waals surface area contributed by atoms with Gasteiger partial charge in [0.2, 0.25) is 15.9 Å². The van der Waals surface area contributed by atoms with Crippen molar-refractivity contribution in [3.8, 4) is 11.9 Å². The highest BCUT2D eigenvalue weighted by Crippen LogP contribution is 2.34. The highest BCUT2D eigenvalue weighted by Gasteiger charge is 2.31. The smallest absolute Gasteiger partial charge is 0.271 e. The van der Waals surface area contributed by atoms with E-state index >= 15 is 0 Å². The highest BCUT2D eigenvalue weighted by molar-refractivity contribution is 7.89. The SMILES string of the molecule is Cc1c(/N=N/c2ccccc2S(=O)(=O)NC(C)(C)CC(C)(C)C)c(O)n(CCOCCO)c(=O)c1C#N. The Hall–Kier alpha value is -3.11. The third-order valence-electron chi connectivity index (χ3n) is 5.26. The number of pyridine rings is 1. The molecule has 0 spiro atoms. The average Bonchev–Trinajstić information content (AvgIpc) is 2.76. The minimum atomic E-state index is -4.00. The largest absolute Gasteiger partial charge is 0.493 e. The second kappa shape index (κ2) is 12.0. The minimum Gasteiger partial charge on any atom is -0.493 e. The predicted molar refractivity (Wildman–Crippen MR) is 139 cm³/mol. The number of aromatic hydroxyl groups is 1. The second-order valence-electron chi connectivity index (χ2n) is 10.5. The van der Waals surface area contributed by atoms with Crippen molar-refractivity contribution in [2.24, 2.45) is 15.6 Å². The number of ether oxygens (including phenoxy) is 1. The lowest BCUT2D eigenvalue weighted by Gasteiger charge is -2.33. The fraction of sp³-hybridized carbons (Fsp3) is 0.520. The molecule has 12 heteroatoms. The number of azo groups is 1. The molecule has 1 aromatic heterocycles. The molecule has 0 unspecified atom stereocenters. The fourth-order valence-corrected chi connectivity index (χ4v) is 5.79. The zero-order chi connectivity index (χ0) is 28.0. The first-order chi connectivity index (χ1) is 17.1. The monoisotopic (exact) mass is 533 g/mol. The van der Waals surface area contributed by atoms with Gasteiger partial charge in [0.05, 0.1) is 26.4 Å². The normalized spacial score (nSPS) is 12.7. The van der Waals surface area contributed by atoms with Crippen molar-refractivity contribution in [3.63, 3.8) is 0 Å². The van der Waals surface area contributed by atoms with Crippen LogP contribution in [-0.2, 0) is 21.3 Å². The Bertz CT molecular complexity index is 1350. The molecule has 1 heterocycles. The van der Waals surface area contributed by atoms with Crippen LogP contribution in [0.25, 0.3) is 0 Å². The van der Waals surface area contributed by atoms with Crippen LogP contribution in [-0.4, -0.2) is 48.6 Å². The molecule has 0 bridgehead atoms. The lowest BCUT2D eigenvalue weighted by molar-refractivity contribution is 0.0854. The molecule has 1 aromatic carbocycles. The summed E-state index contributed by atoms with van der Waals surface area (Å²) in [5.41, 5.74) is -1.85. The molecule has 0 saturated heterocycles. The molecule has 202 valence electrons. The van der Waals surface area contributed by atoms with Gasteiger partial charge in [0.25, 0.3) is 5.56 Å². The van der Waals surface area contributed by atoms with Crippen LogP contribution in [0.1, 0.15) is 52.2 Å². The number of nitriles is 1. The Morgan fingerprint density at radius 2 is 1.78 bits per heavy atom. The molecule has 2 aromatic rings. The molecule has 3 N–H and O–H groups in total. The molecule has 0 aliphatic rings. The number of nitrogens with zero attached hydrogens (tertiary/aromatic N) is 4. The van der Waals surface area contributed by atoms with Crippen LogP contribution in [0.4, 0.5) is 11.4 Å². The topological polar surface area (TPSA) is 166 Å². The standard InChI is InChI=1S/C25H35N5O6S/c1-17-18(15-26)22(32)30(11-13-36-14-12-31)23(33)21(17)28-27-19-9-7-8-10-20(19)37(34,35)29-25(5,6)16-24(2,3)4/h7-10,29,31,33H,11-14,16H2,1-6H3/b28-27+. The van der Waals surface area contributed by atoms with Gasteiger partial charge < -0.3 is 14.9 Å². The van der Waals surface area contributed by atoms with Gasteiger partial charge in [-0.25, -0.2) is 13.1 Å². The molecule has 0 saturated carbocycles. The summed E-state index contributed by atoms with van der Waals surface area (Å²) in [4.78, 5) is 12.6. The number of aromatic nitrogens is 1. The van der Waals surface area contributed by atoms with Gasteiger partial charge in [-0.1, -0.05) is 32.9 Å². The first-order valence-electron chi connectivity index (χ1n) is 11.7. The number of benzene rings is 1. The third kappa shape index (κ3) is 7.93. The number of rotatable bonds is 11. The number of aliphatic hydroxyl groups excluding tert-OH is 1. The van der Waals surface area contributed by atoms with Gasteiger partial charge in [-0.2, -0.15) is 5.26 Å². The maximum Gasteiger partial charge on any atom is 0.271 e. The van der Waals surface area contributed by atoms with Crippen LogP contribution in [0.15, 0.2) is 44.2 Å². The van der Waals surface area contributed by atoms with Gasteiger partial charge in [-0.3, -0.25) is 9.36 Å². The van der Waals surface area contributed by atoms with Gasteiger partial charge in [0.1, 0.15) is 22.2 Å². The van der Waals surface area contributed by atoms with Crippen LogP contribution in [0.3, 0.4) is 0 Å². The van der Waals surface area contributed by atoms with Crippen molar-refractivity contribution >= 4 is 21.4 Å². The van der Waals surface area contributed by atoms with Gasteiger partial charge in [-0.05, 0) is 44.7 Å². The van der Waals surface area contributed by atoms with Gasteiger partial charge in [0, 0.05) is 11.1 Å². The van der Waals surface area contributed by atoms with Crippen molar-refractivity contribution in [1.82, 2.24) is 9.29 Å². The van der Waals surface area contributed by atoms with Crippen molar-refractivity contribution in [2.45, 2.75) is 64.9 Å². The van der Waals surface area contributed by atoms with Crippen molar-refractivity contribution in [3.05, 3.63) is 45.7 Å². The Balaban J connectivity index is 2.52. The van der Waals surface area contributed by atoms with Crippen LogP contribution < -0.4 is 10.3 Å². The van der Waals surface area contributed by atoms with Crippen molar-refractivity contribution in [2.75, 3.05) is 19.8 Å². The quantitative estimate of drug-likeness (QED) is 0.293. The predicted octanol–water partition coefficient (Wildman–Crippen LogP) is 3.65. The zero-order valence-electron chi connectivity index (χ0n) is 22.1. The summed E-state index contributed by atoms with van der Waals surface area (Å²) in [5.74, 6) is -0.539. The first kappa shape index (κ1) is 30.1. The lowest BCUT2D eigenvalue weighted by Crippen LogP contribution is -2.45. The molecule has 2 rings (SSSR count). The van der Waals surface area contributed by atoms with E-state index < -0.39 is 27.0 Å². The van der Waals surface area contributed by atoms with Gasteiger partial charge in [0.15, 0.2) is 5.69 Å². The molecular weight excluding hydrogens is 498 g/mol. The summed E-state index contributed by atoms with van der Waals surface area (Å²) in [5, 5.41) is 37.2. The molecule has 0 fully saturated rings. The van der Waals surface area contributed by atoms with E-state index in [1.807, 2.05) is 26.8 Å². The van der Waals surface area contributed by atoms with Gasteiger partial charge in [-0.15, -0.1) is 10.2 Å². The van der Waals surface area contributed by atoms with Gasteiger partial charge >= 0.3 is 0 Å². The summed E-state index contributed by atoms with van der Waals surface area (Å²) in [6.45, 7) is 10.9. The number of nitrogens with one attached hydrogen (secondary N) is 1. The molecular formula is C25H35N5O6S. The second-order valence-corrected chi connectivity index (χ2v) is 12.1. The summed E-state index contributed by atoms with van der Waals surface area (Å²) in [6, 6.07) is 7.84. The van der Waals surface area contributed by atoms with Crippen molar-refractivity contribution < 1.29 is 23.4 Å². The molecule has 0 amide bonds. The molecule has 0 aliphatic heterocycles. The van der Waals surface area contributed by atoms with Crippen LogP contribution in [0.5, 0.6) is 5.88 Å². The summed E-state index contributed by atoms with van der Waals surface area (Å²) < 4.78 is 35.4. The highest BCUT2D eigenvalue weighted by atomic mass is 32.2. The summed E-state index contributed by atoms with van der Waals surface area (Å²) in [6.07, 6.45) is 0.580. The van der Waals surface area contributed by atoms with Crippen LogP contribution >= 0.6 is 0 Å². The van der Waals surface area contributed by atoms with E-state index in [-0.39, 0.29) is 59.2 Å². The van der Waals surface area contributed by atoms with Crippen LogP contribution in [0.2, 0.25) is 0 Å². The maximum atomic E-state index is 13.3. The van der Waals surface area contributed by atoms with E-state index in [0.29, 0.717) is 6.42 Å². The van der Waals surface area contributed by atoms with E-state index in [1.165, 1.54) is 19.1 Å². The van der Waals surface area contributed by atoms with E-state index in [0.717, 1.165) is 4.57 Å². The van der Waals surface area contributed by atoms with E-state index in [9.17, 15) is 23.6 Å².